The quantitative estimate of drug-likeness (QED) is 0.940. The van der Waals surface area contributed by atoms with Crippen LogP contribution in [0.3, 0.4) is 0 Å². The normalized spacial score (nSPS) is 20.3. The Bertz CT molecular complexity index is 746. The van der Waals surface area contributed by atoms with Gasteiger partial charge < -0.3 is 10.5 Å². The van der Waals surface area contributed by atoms with E-state index in [1.54, 1.807) is 0 Å². The van der Waals surface area contributed by atoms with Crippen molar-refractivity contribution in [3.05, 3.63) is 36.2 Å². The predicted molar refractivity (Wildman–Crippen MR) is 89.4 cm³/mol. The third kappa shape index (κ3) is 2.67. The van der Waals surface area contributed by atoms with Crippen molar-refractivity contribution in [2.24, 2.45) is 5.73 Å². The Hall–Kier alpha value is -2.10. The molecule has 120 valence electrons. The molecule has 0 saturated heterocycles. The van der Waals surface area contributed by atoms with Gasteiger partial charge in [-0.1, -0.05) is 12.5 Å². The number of aromatic nitrogens is 1. The molecule has 2 aromatic rings. The van der Waals surface area contributed by atoms with Crippen LogP contribution in [0.15, 0.2) is 30.5 Å². The number of primary amides is 1. The van der Waals surface area contributed by atoms with Gasteiger partial charge in [-0.3, -0.25) is 9.78 Å². The van der Waals surface area contributed by atoms with E-state index in [1.165, 1.54) is 19.3 Å². The first-order chi connectivity index (χ1) is 11.2. The number of hydrogen-bond donors (Lipinski definition) is 1. The number of amides is 1. The predicted octanol–water partition coefficient (Wildman–Crippen LogP) is 3.46. The summed E-state index contributed by atoms with van der Waals surface area (Å²) in [4.78, 5) is 16.2. The number of hydrogen-bond acceptors (Lipinski definition) is 3. The molecule has 0 bridgehead atoms. The maximum Gasteiger partial charge on any atom is 0.229 e. The van der Waals surface area contributed by atoms with Crippen molar-refractivity contribution in [1.82, 2.24) is 4.98 Å². The van der Waals surface area contributed by atoms with Gasteiger partial charge in [0.1, 0.15) is 5.75 Å². The number of pyridine rings is 1. The molecule has 0 radical (unpaired) electrons. The van der Waals surface area contributed by atoms with Crippen LogP contribution >= 0.6 is 0 Å². The topological polar surface area (TPSA) is 65.2 Å². The molecule has 4 rings (SSSR count). The average Bonchev–Trinajstić information content (AvgIpc) is 3.37. The van der Waals surface area contributed by atoms with E-state index in [1.807, 2.05) is 24.4 Å². The fourth-order valence-corrected chi connectivity index (χ4v) is 3.58. The number of carbonyl (C=O) groups excluding carboxylic acids is 1. The largest absolute Gasteiger partial charge is 0.490 e. The van der Waals surface area contributed by atoms with E-state index in [2.05, 4.69) is 11.1 Å². The zero-order valence-electron chi connectivity index (χ0n) is 13.3. The molecule has 1 aromatic heterocycles. The van der Waals surface area contributed by atoms with Crippen molar-refractivity contribution >= 4 is 16.7 Å². The van der Waals surface area contributed by atoms with E-state index in [9.17, 15) is 4.79 Å². The standard InChI is InChI=1S/C19H22N2O2/c20-18(22)19(8-9-19)17-11-13-6-7-16(10-14(13)12-21-17)23-15-4-2-1-3-5-15/h6-7,10-12,15H,1-5,8-9H2,(H2,20,22). The minimum absolute atomic E-state index is 0.262. The third-order valence-electron chi connectivity index (χ3n) is 5.26. The van der Waals surface area contributed by atoms with Gasteiger partial charge in [0.05, 0.1) is 17.2 Å². The molecule has 2 N–H and O–H groups in total. The monoisotopic (exact) mass is 310 g/mol. The van der Waals surface area contributed by atoms with Gasteiger partial charge in [0.25, 0.3) is 0 Å². The van der Waals surface area contributed by atoms with Gasteiger partial charge in [-0.25, -0.2) is 0 Å². The van der Waals surface area contributed by atoms with Crippen LogP contribution in [0.2, 0.25) is 0 Å². The fourth-order valence-electron chi connectivity index (χ4n) is 3.58. The first-order valence-electron chi connectivity index (χ1n) is 8.54. The smallest absolute Gasteiger partial charge is 0.229 e. The second-order valence-electron chi connectivity index (χ2n) is 6.90. The van der Waals surface area contributed by atoms with Crippen LogP contribution in [-0.4, -0.2) is 17.0 Å². The van der Waals surface area contributed by atoms with Crippen LogP contribution in [-0.2, 0) is 10.2 Å². The Kier molecular flexibility index (Phi) is 3.47. The Morgan fingerprint density at radius 1 is 1.13 bits per heavy atom. The summed E-state index contributed by atoms with van der Waals surface area (Å²) >= 11 is 0. The average molecular weight is 310 g/mol. The Labute approximate surface area is 136 Å². The van der Waals surface area contributed by atoms with Crippen LogP contribution < -0.4 is 10.5 Å². The van der Waals surface area contributed by atoms with Gasteiger partial charge in [-0.15, -0.1) is 0 Å². The first-order valence-corrected chi connectivity index (χ1v) is 8.54. The van der Waals surface area contributed by atoms with Crippen molar-refractivity contribution in [2.75, 3.05) is 0 Å². The summed E-state index contributed by atoms with van der Waals surface area (Å²) in [5.41, 5.74) is 5.82. The Balaban J connectivity index is 1.59. The lowest BCUT2D eigenvalue weighted by atomic mass is 9.97. The van der Waals surface area contributed by atoms with Gasteiger partial charge in [-0.05, 0) is 62.1 Å². The lowest BCUT2D eigenvalue weighted by molar-refractivity contribution is -0.120. The SMILES string of the molecule is NC(=O)C1(c2cc3ccc(OC4CCCCC4)cc3cn2)CC1. The second-order valence-corrected chi connectivity index (χ2v) is 6.90. The van der Waals surface area contributed by atoms with Crippen LogP contribution in [0.25, 0.3) is 10.8 Å². The number of nitrogens with zero attached hydrogens (tertiary/aromatic N) is 1. The van der Waals surface area contributed by atoms with Crippen LogP contribution in [0.1, 0.15) is 50.6 Å². The number of benzene rings is 1. The highest BCUT2D eigenvalue weighted by molar-refractivity contribution is 5.91. The zero-order valence-corrected chi connectivity index (χ0v) is 13.3. The van der Waals surface area contributed by atoms with Gasteiger partial charge in [0.2, 0.25) is 5.91 Å². The van der Waals surface area contributed by atoms with E-state index < -0.39 is 5.41 Å². The Morgan fingerprint density at radius 2 is 1.91 bits per heavy atom. The van der Waals surface area contributed by atoms with Crippen molar-refractivity contribution in [1.29, 1.82) is 0 Å². The third-order valence-corrected chi connectivity index (χ3v) is 5.26. The molecule has 23 heavy (non-hydrogen) atoms. The van der Waals surface area contributed by atoms with Gasteiger partial charge in [-0.2, -0.15) is 0 Å². The number of carbonyl (C=O) groups is 1. The highest BCUT2D eigenvalue weighted by Gasteiger charge is 2.51. The molecule has 0 spiro atoms. The molecule has 1 amide bonds. The molecule has 1 heterocycles. The minimum Gasteiger partial charge on any atom is -0.490 e. The molecular formula is C19H22N2O2. The summed E-state index contributed by atoms with van der Waals surface area (Å²) in [6.45, 7) is 0. The highest BCUT2D eigenvalue weighted by Crippen LogP contribution is 2.47. The number of ether oxygens (including phenoxy) is 1. The van der Waals surface area contributed by atoms with Crippen molar-refractivity contribution < 1.29 is 9.53 Å². The van der Waals surface area contributed by atoms with Crippen LogP contribution in [0.5, 0.6) is 5.75 Å². The van der Waals surface area contributed by atoms with E-state index in [4.69, 9.17) is 10.5 Å². The van der Waals surface area contributed by atoms with E-state index in [0.717, 1.165) is 47.9 Å². The highest BCUT2D eigenvalue weighted by atomic mass is 16.5. The lowest BCUT2D eigenvalue weighted by Gasteiger charge is -2.23. The van der Waals surface area contributed by atoms with E-state index in [0.29, 0.717) is 6.10 Å². The molecule has 0 atom stereocenters. The molecule has 2 saturated carbocycles. The van der Waals surface area contributed by atoms with Gasteiger partial charge in [0.15, 0.2) is 0 Å². The summed E-state index contributed by atoms with van der Waals surface area (Å²) in [7, 11) is 0. The Morgan fingerprint density at radius 3 is 2.61 bits per heavy atom. The van der Waals surface area contributed by atoms with Gasteiger partial charge >= 0.3 is 0 Å². The molecule has 2 fully saturated rings. The van der Waals surface area contributed by atoms with E-state index >= 15 is 0 Å². The van der Waals surface area contributed by atoms with Gasteiger partial charge in [0, 0.05) is 11.6 Å². The molecule has 2 aliphatic carbocycles. The molecule has 1 aromatic carbocycles. The zero-order chi connectivity index (χ0) is 15.9. The number of fused-ring (bicyclic) bond motifs is 1. The molecule has 2 aliphatic rings. The fraction of sp³-hybridized carbons (Fsp3) is 0.474. The second kappa shape index (κ2) is 5.52. The van der Waals surface area contributed by atoms with Crippen molar-refractivity contribution in [2.45, 2.75) is 56.5 Å². The number of rotatable bonds is 4. The van der Waals surface area contributed by atoms with Crippen molar-refractivity contribution in [3.8, 4) is 5.75 Å². The molecule has 4 heteroatoms. The summed E-state index contributed by atoms with van der Waals surface area (Å²) in [5, 5.41) is 2.13. The maximum atomic E-state index is 11.7. The lowest BCUT2D eigenvalue weighted by Crippen LogP contribution is -2.29. The summed E-state index contributed by atoms with van der Waals surface area (Å²) in [6.07, 6.45) is 9.95. The van der Waals surface area contributed by atoms with E-state index in [-0.39, 0.29) is 5.91 Å². The molecule has 4 nitrogen and oxygen atoms in total. The van der Waals surface area contributed by atoms with Crippen molar-refractivity contribution in [3.63, 3.8) is 0 Å². The molecular weight excluding hydrogens is 288 g/mol. The minimum atomic E-state index is -0.522. The molecule has 0 unspecified atom stereocenters. The van der Waals surface area contributed by atoms with Crippen LogP contribution in [0, 0.1) is 0 Å². The summed E-state index contributed by atoms with van der Waals surface area (Å²) in [5.74, 6) is 0.650. The maximum absolute atomic E-state index is 11.7. The summed E-state index contributed by atoms with van der Waals surface area (Å²) < 4.78 is 6.11. The summed E-state index contributed by atoms with van der Waals surface area (Å²) in [6, 6.07) is 8.11. The first kappa shape index (κ1) is 14.5. The number of nitrogens with two attached hydrogens (primary N) is 1. The molecule has 0 aliphatic heterocycles. The van der Waals surface area contributed by atoms with Crippen LogP contribution in [0.4, 0.5) is 0 Å².